The van der Waals surface area contributed by atoms with Crippen molar-refractivity contribution in [2.45, 2.75) is 12.5 Å². The fourth-order valence-electron chi connectivity index (χ4n) is 2.38. The van der Waals surface area contributed by atoms with Crippen LogP contribution < -0.4 is 10.5 Å². The average Bonchev–Trinajstić information content (AvgIpc) is 2.29. The van der Waals surface area contributed by atoms with Crippen molar-refractivity contribution in [1.82, 2.24) is 4.90 Å². The number of likely N-dealkylation sites (N-methyl/N-ethyl adjacent to an activating group) is 1. The standard InChI is InChI=1S/C12H17FN2O/c1-15-6-5-8-3-4-9(13)12(16-2)11(8)10(15)7-14/h3-4,10H,5-7,14H2,1-2H3. The van der Waals surface area contributed by atoms with Crippen LogP contribution in [0.15, 0.2) is 12.1 Å². The van der Waals surface area contributed by atoms with E-state index in [2.05, 4.69) is 4.90 Å². The van der Waals surface area contributed by atoms with Gasteiger partial charge in [0.05, 0.1) is 13.2 Å². The fraction of sp³-hybridized carbons (Fsp3) is 0.500. The minimum atomic E-state index is -0.310. The molecule has 0 saturated heterocycles. The number of hydrogen-bond donors (Lipinski definition) is 1. The molecule has 0 spiro atoms. The second-order valence-electron chi connectivity index (χ2n) is 4.14. The van der Waals surface area contributed by atoms with Gasteiger partial charge in [-0.05, 0) is 25.1 Å². The highest BCUT2D eigenvalue weighted by atomic mass is 19.1. The first-order valence-corrected chi connectivity index (χ1v) is 5.44. The van der Waals surface area contributed by atoms with E-state index >= 15 is 0 Å². The summed E-state index contributed by atoms with van der Waals surface area (Å²) < 4.78 is 18.8. The summed E-state index contributed by atoms with van der Waals surface area (Å²) in [5.74, 6) is 0.0366. The number of nitrogens with zero attached hydrogens (tertiary/aromatic N) is 1. The highest BCUT2D eigenvalue weighted by Crippen LogP contribution is 2.36. The first-order valence-electron chi connectivity index (χ1n) is 5.44. The van der Waals surface area contributed by atoms with Crippen LogP contribution in [0.1, 0.15) is 17.2 Å². The zero-order chi connectivity index (χ0) is 11.7. The normalized spacial score (nSPS) is 20.6. The molecule has 1 atom stereocenters. The molecule has 2 N–H and O–H groups in total. The average molecular weight is 224 g/mol. The van der Waals surface area contributed by atoms with E-state index in [0.717, 1.165) is 24.1 Å². The summed E-state index contributed by atoms with van der Waals surface area (Å²) >= 11 is 0. The Bertz CT molecular complexity index is 395. The molecule has 0 amide bonds. The molecule has 0 saturated carbocycles. The van der Waals surface area contributed by atoms with Gasteiger partial charge < -0.3 is 10.5 Å². The Morgan fingerprint density at radius 3 is 2.94 bits per heavy atom. The van der Waals surface area contributed by atoms with Crippen molar-refractivity contribution in [2.24, 2.45) is 5.73 Å². The summed E-state index contributed by atoms with van der Waals surface area (Å²) in [4.78, 5) is 2.14. The number of halogens is 1. The third-order valence-corrected chi connectivity index (χ3v) is 3.26. The number of fused-ring (bicyclic) bond motifs is 1. The summed E-state index contributed by atoms with van der Waals surface area (Å²) in [6.45, 7) is 1.42. The van der Waals surface area contributed by atoms with Crippen molar-refractivity contribution in [3.8, 4) is 5.75 Å². The number of benzene rings is 1. The third-order valence-electron chi connectivity index (χ3n) is 3.26. The molecule has 0 bridgehead atoms. The second-order valence-corrected chi connectivity index (χ2v) is 4.14. The molecule has 16 heavy (non-hydrogen) atoms. The molecule has 1 aliphatic rings. The molecule has 0 aliphatic carbocycles. The van der Waals surface area contributed by atoms with E-state index < -0.39 is 0 Å². The third kappa shape index (κ3) is 1.68. The quantitative estimate of drug-likeness (QED) is 0.823. The Labute approximate surface area is 95.0 Å². The lowest BCUT2D eigenvalue weighted by atomic mass is 9.92. The highest BCUT2D eigenvalue weighted by molar-refractivity contribution is 5.45. The number of rotatable bonds is 2. The van der Waals surface area contributed by atoms with Gasteiger partial charge in [0.15, 0.2) is 11.6 Å². The smallest absolute Gasteiger partial charge is 0.165 e. The fourth-order valence-corrected chi connectivity index (χ4v) is 2.38. The summed E-state index contributed by atoms with van der Waals surface area (Å²) in [6, 6.07) is 3.36. The minimum absolute atomic E-state index is 0.0504. The van der Waals surface area contributed by atoms with Crippen LogP contribution in [0.2, 0.25) is 0 Å². The Hall–Kier alpha value is -1.13. The molecule has 1 aromatic carbocycles. The van der Waals surface area contributed by atoms with Gasteiger partial charge in [0.25, 0.3) is 0 Å². The maximum Gasteiger partial charge on any atom is 0.165 e. The molecular formula is C12H17FN2O. The molecule has 2 rings (SSSR count). The molecule has 4 heteroatoms. The zero-order valence-corrected chi connectivity index (χ0v) is 9.66. The molecule has 88 valence electrons. The van der Waals surface area contributed by atoms with Crippen LogP contribution in [0.4, 0.5) is 4.39 Å². The van der Waals surface area contributed by atoms with Crippen LogP contribution in [0.3, 0.4) is 0 Å². The van der Waals surface area contributed by atoms with Crippen LogP contribution in [-0.2, 0) is 6.42 Å². The van der Waals surface area contributed by atoms with Gasteiger partial charge in [-0.25, -0.2) is 4.39 Å². The van der Waals surface area contributed by atoms with Crippen molar-refractivity contribution < 1.29 is 9.13 Å². The van der Waals surface area contributed by atoms with Crippen molar-refractivity contribution in [3.63, 3.8) is 0 Å². The van der Waals surface area contributed by atoms with E-state index in [1.807, 2.05) is 13.1 Å². The molecule has 0 radical (unpaired) electrons. The van der Waals surface area contributed by atoms with Crippen molar-refractivity contribution >= 4 is 0 Å². The van der Waals surface area contributed by atoms with E-state index in [-0.39, 0.29) is 11.9 Å². The van der Waals surface area contributed by atoms with Gasteiger partial charge in [-0.2, -0.15) is 0 Å². The number of hydrogen-bond acceptors (Lipinski definition) is 3. The van der Waals surface area contributed by atoms with Gasteiger partial charge in [-0.3, -0.25) is 4.90 Å². The van der Waals surface area contributed by atoms with Crippen LogP contribution in [0.5, 0.6) is 5.75 Å². The SMILES string of the molecule is COc1c(F)ccc2c1C(CN)N(C)CC2. The predicted molar refractivity (Wildman–Crippen MR) is 61.1 cm³/mol. The van der Waals surface area contributed by atoms with Gasteiger partial charge in [0.1, 0.15) is 0 Å². The molecule has 1 heterocycles. The summed E-state index contributed by atoms with van der Waals surface area (Å²) in [5.41, 5.74) is 7.82. The van der Waals surface area contributed by atoms with Crippen LogP contribution in [0.25, 0.3) is 0 Å². The first-order chi connectivity index (χ1) is 7.69. The van der Waals surface area contributed by atoms with Crippen molar-refractivity contribution in [1.29, 1.82) is 0 Å². The Morgan fingerprint density at radius 2 is 2.31 bits per heavy atom. The maximum atomic E-state index is 13.6. The van der Waals surface area contributed by atoms with Crippen molar-refractivity contribution in [3.05, 3.63) is 29.1 Å². The van der Waals surface area contributed by atoms with Crippen LogP contribution in [0, 0.1) is 5.82 Å². The van der Waals surface area contributed by atoms with Gasteiger partial charge >= 0.3 is 0 Å². The Morgan fingerprint density at radius 1 is 1.56 bits per heavy atom. The van der Waals surface area contributed by atoms with E-state index in [9.17, 15) is 4.39 Å². The summed E-state index contributed by atoms with van der Waals surface area (Å²) in [6.07, 6.45) is 0.916. The van der Waals surface area contributed by atoms with Gasteiger partial charge in [-0.15, -0.1) is 0 Å². The van der Waals surface area contributed by atoms with E-state index in [1.165, 1.54) is 13.2 Å². The Kier molecular flexibility index (Phi) is 3.12. The molecule has 1 aliphatic heterocycles. The molecule has 1 unspecified atom stereocenters. The molecular weight excluding hydrogens is 207 g/mol. The van der Waals surface area contributed by atoms with E-state index in [1.54, 1.807) is 0 Å². The molecule has 3 nitrogen and oxygen atoms in total. The predicted octanol–water partition coefficient (Wildman–Crippen LogP) is 1.32. The summed E-state index contributed by atoms with van der Waals surface area (Å²) in [7, 11) is 3.51. The van der Waals surface area contributed by atoms with Gasteiger partial charge in [0, 0.05) is 18.7 Å². The topological polar surface area (TPSA) is 38.5 Å². The Balaban J connectivity index is 2.56. The maximum absolute atomic E-state index is 13.6. The number of methoxy groups -OCH3 is 1. The van der Waals surface area contributed by atoms with Gasteiger partial charge in [0.2, 0.25) is 0 Å². The largest absolute Gasteiger partial charge is 0.493 e. The van der Waals surface area contributed by atoms with Crippen LogP contribution in [-0.4, -0.2) is 32.1 Å². The zero-order valence-electron chi connectivity index (χ0n) is 9.66. The highest BCUT2D eigenvalue weighted by Gasteiger charge is 2.28. The minimum Gasteiger partial charge on any atom is -0.493 e. The van der Waals surface area contributed by atoms with Gasteiger partial charge in [-0.1, -0.05) is 6.07 Å². The second kappa shape index (κ2) is 4.39. The lowest BCUT2D eigenvalue weighted by Gasteiger charge is -2.34. The number of ether oxygens (including phenoxy) is 1. The molecule has 0 fully saturated rings. The monoisotopic (exact) mass is 224 g/mol. The van der Waals surface area contributed by atoms with Crippen molar-refractivity contribution in [2.75, 3.05) is 27.2 Å². The van der Waals surface area contributed by atoms with E-state index in [0.29, 0.717) is 12.3 Å². The lowest BCUT2D eigenvalue weighted by molar-refractivity contribution is 0.227. The molecule has 1 aromatic rings. The lowest BCUT2D eigenvalue weighted by Crippen LogP contribution is -2.36. The summed E-state index contributed by atoms with van der Waals surface area (Å²) in [5, 5.41) is 0. The van der Waals surface area contributed by atoms with Crippen LogP contribution >= 0.6 is 0 Å². The molecule has 0 aromatic heterocycles. The number of nitrogens with two attached hydrogens (primary N) is 1. The first kappa shape index (κ1) is 11.4. The van der Waals surface area contributed by atoms with E-state index in [4.69, 9.17) is 10.5 Å².